The minimum absolute atomic E-state index is 0.127. The third-order valence-electron chi connectivity index (χ3n) is 3.74. The number of rotatable bonds is 2. The molecule has 0 aliphatic carbocycles. The first-order valence-electron chi connectivity index (χ1n) is 6.98. The first kappa shape index (κ1) is 12.8. The Bertz CT molecular complexity index is 576. The maximum absolute atomic E-state index is 12.4. The number of nitrogens with zero attached hydrogens (tertiary/aromatic N) is 4. The van der Waals surface area contributed by atoms with Gasteiger partial charge in [0.2, 0.25) is 0 Å². The van der Waals surface area contributed by atoms with Crippen LogP contribution in [0.5, 0.6) is 0 Å². The summed E-state index contributed by atoms with van der Waals surface area (Å²) in [4.78, 5) is 18.3. The first-order chi connectivity index (χ1) is 9.74. The molecule has 1 aliphatic rings. The normalized spacial score (nSPS) is 19.1. The fraction of sp³-hybridized carbons (Fsp3) is 0.400. The molecule has 0 spiro atoms. The van der Waals surface area contributed by atoms with E-state index in [9.17, 15) is 4.79 Å². The van der Waals surface area contributed by atoms with Crippen molar-refractivity contribution in [3.63, 3.8) is 0 Å². The lowest BCUT2D eigenvalue weighted by Crippen LogP contribution is -2.39. The van der Waals surface area contributed by atoms with E-state index >= 15 is 0 Å². The van der Waals surface area contributed by atoms with Gasteiger partial charge in [0, 0.05) is 18.7 Å². The van der Waals surface area contributed by atoms with Crippen LogP contribution in [0.2, 0.25) is 0 Å². The number of hydrogen-bond acceptors (Lipinski definition) is 3. The number of piperidine rings is 1. The number of aromatic nitrogens is 3. The third-order valence-corrected chi connectivity index (χ3v) is 3.74. The highest BCUT2D eigenvalue weighted by atomic mass is 16.2. The maximum atomic E-state index is 12.4. The fourth-order valence-electron chi connectivity index (χ4n) is 2.65. The largest absolute Gasteiger partial charge is 0.338 e. The Balaban J connectivity index is 1.75. The summed E-state index contributed by atoms with van der Waals surface area (Å²) in [6, 6.07) is 7.52. The molecule has 1 aliphatic heterocycles. The van der Waals surface area contributed by atoms with Crippen LogP contribution in [0.4, 0.5) is 0 Å². The molecule has 1 atom stereocenters. The van der Waals surface area contributed by atoms with Crippen LogP contribution < -0.4 is 0 Å². The van der Waals surface area contributed by atoms with Crippen LogP contribution in [0.15, 0.2) is 36.9 Å². The van der Waals surface area contributed by atoms with Gasteiger partial charge in [-0.3, -0.25) is 4.79 Å². The summed E-state index contributed by atoms with van der Waals surface area (Å²) in [6.45, 7) is 3.94. The molecule has 5 heteroatoms. The minimum Gasteiger partial charge on any atom is -0.338 e. The standard InChI is InChI=1S/C15H18N4O/c1-12-3-2-8-18(9-12)15(20)13-4-6-14(7-5-13)19-11-16-10-17-19/h4-7,10-12H,2-3,8-9H2,1H3/t12-/m0/s1. The van der Waals surface area contributed by atoms with E-state index in [1.54, 1.807) is 11.0 Å². The minimum atomic E-state index is 0.127. The molecule has 1 aromatic carbocycles. The lowest BCUT2D eigenvalue weighted by molar-refractivity contribution is 0.0683. The number of carbonyl (C=O) groups excluding carboxylic acids is 1. The summed E-state index contributed by atoms with van der Waals surface area (Å²) < 4.78 is 1.68. The molecule has 5 nitrogen and oxygen atoms in total. The van der Waals surface area contributed by atoms with Crippen molar-refractivity contribution in [2.45, 2.75) is 19.8 Å². The molecule has 0 N–H and O–H groups in total. The predicted octanol–water partition coefficient (Wildman–Crippen LogP) is 2.14. The van der Waals surface area contributed by atoms with Gasteiger partial charge in [-0.05, 0) is 43.0 Å². The van der Waals surface area contributed by atoms with Crippen LogP contribution in [-0.4, -0.2) is 38.7 Å². The highest BCUT2D eigenvalue weighted by molar-refractivity contribution is 5.94. The van der Waals surface area contributed by atoms with Gasteiger partial charge in [0.05, 0.1) is 5.69 Å². The molecule has 104 valence electrons. The van der Waals surface area contributed by atoms with Crippen LogP contribution in [0.1, 0.15) is 30.1 Å². The van der Waals surface area contributed by atoms with Crippen molar-refractivity contribution < 1.29 is 4.79 Å². The van der Waals surface area contributed by atoms with Gasteiger partial charge in [-0.15, -0.1) is 0 Å². The summed E-state index contributed by atoms with van der Waals surface area (Å²) in [5.41, 5.74) is 1.65. The van der Waals surface area contributed by atoms with E-state index in [0.29, 0.717) is 5.92 Å². The first-order valence-corrected chi connectivity index (χ1v) is 6.98. The second-order valence-corrected chi connectivity index (χ2v) is 5.39. The van der Waals surface area contributed by atoms with Crippen molar-refractivity contribution >= 4 is 5.91 Å². The molecule has 3 rings (SSSR count). The monoisotopic (exact) mass is 270 g/mol. The molecule has 1 fully saturated rings. The maximum Gasteiger partial charge on any atom is 0.253 e. The third kappa shape index (κ3) is 2.57. The Labute approximate surface area is 118 Å². The second-order valence-electron chi connectivity index (χ2n) is 5.39. The van der Waals surface area contributed by atoms with Gasteiger partial charge in [-0.2, -0.15) is 5.10 Å². The van der Waals surface area contributed by atoms with Gasteiger partial charge in [-0.25, -0.2) is 9.67 Å². The zero-order valence-corrected chi connectivity index (χ0v) is 11.6. The number of carbonyl (C=O) groups is 1. The number of benzene rings is 1. The van der Waals surface area contributed by atoms with Gasteiger partial charge < -0.3 is 4.90 Å². The molecule has 1 aromatic heterocycles. The van der Waals surface area contributed by atoms with Gasteiger partial charge >= 0.3 is 0 Å². The van der Waals surface area contributed by atoms with Gasteiger partial charge in [0.15, 0.2) is 0 Å². The van der Waals surface area contributed by atoms with Crippen molar-refractivity contribution in [1.82, 2.24) is 19.7 Å². The SMILES string of the molecule is C[C@H]1CCCN(C(=O)c2ccc(-n3cncn3)cc2)C1. The van der Waals surface area contributed by atoms with E-state index in [2.05, 4.69) is 17.0 Å². The van der Waals surface area contributed by atoms with Crippen LogP contribution >= 0.6 is 0 Å². The van der Waals surface area contributed by atoms with Crippen molar-refractivity contribution in [2.24, 2.45) is 5.92 Å². The van der Waals surface area contributed by atoms with E-state index in [-0.39, 0.29) is 5.91 Å². The van der Waals surface area contributed by atoms with E-state index in [1.165, 1.54) is 12.7 Å². The Morgan fingerprint density at radius 1 is 1.30 bits per heavy atom. The number of likely N-dealkylation sites (tertiary alicyclic amines) is 1. The van der Waals surface area contributed by atoms with Crippen molar-refractivity contribution in [3.05, 3.63) is 42.5 Å². The Morgan fingerprint density at radius 3 is 2.75 bits per heavy atom. The molecular weight excluding hydrogens is 252 g/mol. The molecule has 0 saturated carbocycles. The summed E-state index contributed by atoms with van der Waals surface area (Å²) >= 11 is 0. The van der Waals surface area contributed by atoms with Crippen LogP contribution in [0.3, 0.4) is 0 Å². The Kier molecular flexibility index (Phi) is 3.50. The van der Waals surface area contributed by atoms with E-state index < -0.39 is 0 Å². The fourth-order valence-corrected chi connectivity index (χ4v) is 2.65. The lowest BCUT2D eigenvalue weighted by Gasteiger charge is -2.31. The van der Waals surface area contributed by atoms with E-state index in [1.807, 2.05) is 29.2 Å². The molecule has 0 radical (unpaired) electrons. The predicted molar refractivity (Wildman–Crippen MR) is 75.7 cm³/mol. The van der Waals surface area contributed by atoms with E-state index in [4.69, 9.17) is 0 Å². The molecule has 2 aromatic rings. The molecule has 0 unspecified atom stereocenters. The summed E-state index contributed by atoms with van der Waals surface area (Å²) in [7, 11) is 0. The smallest absolute Gasteiger partial charge is 0.253 e. The van der Waals surface area contributed by atoms with Gasteiger partial charge in [0.1, 0.15) is 12.7 Å². The second kappa shape index (κ2) is 5.45. The number of amides is 1. The van der Waals surface area contributed by atoms with Gasteiger partial charge in [0.25, 0.3) is 5.91 Å². The molecule has 20 heavy (non-hydrogen) atoms. The molecule has 2 heterocycles. The lowest BCUT2D eigenvalue weighted by atomic mass is 9.99. The van der Waals surface area contributed by atoms with Crippen molar-refractivity contribution in [2.75, 3.05) is 13.1 Å². The van der Waals surface area contributed by atoms with Crippen LogP contribution in [0.25, 0.3) is 5.69 Å². The summed E-state index contributed by atoms with van der Waals surface area (Å²) in [5, 5.41) is 4.07. The molecular formula is C15H18N4O. The van der Waals surface area contributed by atoms with Crippen LogP contribution in [0, 0.1) is 5.92 Å². The van der Waals surface area contributed by atoms with Crippen molar-refractivity contribution in [1.29, 1.82) is 0 Å². The highest BCUT2D eigenvalue weighted by Crippen LogP contribution is 2.18. The zero-order chi connectivity index (χ0) is 13.9. The average molecular weight is 270 g/mol. The zero-order valence-electron chi connectivity index (χ0n) is 11.6. The quantitative estimate of drug-likeness (QED) is 0.840. The van der Waals surface area contributed by atoms with Crippen molar-refractivity contribution in [3.8, 4) is 5.69 Å². The molecule has 1 saturated heterocycles. The highest BCUT2D eigenvalue weighted by Gasteiger charge is 2.21. The average Bonchev–Trinajstić information content (AvgIpc) is 3.01. The Morgan fingerprint density at radius 2 is 2.10 bits per heavy atom. The summed E-state index contributed by atoms with van der Waals surface area (Å²) in [5.74, 6) is 0.726. The number of hydrogen-bond donors (Lipinski definition) is 0. The van der Waals surface area contributed by atoms with Gasteiger partial charge in [-0.1, -0.05) is 6.92 Å². The van der Waals surface area contributed by atoms with E-state index in [0.717, 1.165) is 30.8 Å². The Hall–Kier alpha value is -2.17. The topological polar surface area (TPSA) is 51.0 Å². The molecule has 1 amide bonds. The molecule has 0 bridgehead atoms. The summed E-state index contributed by atoms with van der Waals surface area (Å²) in [6.07, 6.45) is 5.45. The van der Waals surface area contributed by atoms with Crippen LogP contribution in [-0.2, 0) is 0 Å².